The number of rotatable bonds is 2. The average Bonchev–Trinajstić information content (AvgIpc) is 2.55. The molecule has 0 atom stereocenters. The minimum atomic E-state index is 0.714. The highest BCUT2D eigenvalue weighted by Crippen LogP contribution is 2.25. The van der Waals surface area contributed by atoms with E-state index in [0.717, 1.165) is 16.9 Å². The lowest BCUT2D eigenvalue weighted by molar-refractivity contribution is 0.988. The zero-order valence-electron chi connectivity index (χ0n) is 6.92. The van der Waals surface area contributed by atoms with Crippen molar-refractivity contribution in [1.82, 2.24) is 10.2 Å². The van der Waals surface area contributed by atoms with Crippen molar-refractivity contribution in [3.05, 3.63) is 16.6 Å². The normalized spacial score (nSPS) is 11.2. The monoisotopic (exact) mass is 181 g/mol. The summed E-state index contributed by atoms with van der Waals surface area (Å²) in [5.74, 6) is 0. The molecule has 0 aliphatic carbocycles. The molecule has 2 aromatic rings. The fourth-order valence-electron chi connectivity index (χ4n) is 1.24. The highest BCUT2D eigenvalue weighted by molar-refractivity contribution is 7.18. The molecule has 4 heteroatoms. The Kier molecular flexibility index (Phi) is 1.86. The molecule has 0 radical (unpaired) electrons. The van der Waals surface area contributed by atoms with E-state index in [-0.39, 0.29) is 0 Å². The number of nitrogens with two attached hydrogens (primary N) is 1. The van der Waals surface area contributed by atoms with Crippen molar-refractivity contribution in [2.75, 3.05) is 6.54 Å². The molecule has 0 aromatic carbocycles. The molecule has 0 fully saturated rings. The smallest absolute Gasteiger partial charge is 0.145 e. The summed E-state index contributed by atoms with van der Waals surface area (Å²) >= 11 is 1.72. The Bertz CT molecular complexity index is 388. The molecule has 0 bridgehead atoms. The molecular formula is C8H11N3S. The summed E-state index contributed by atoms with van der Waals surface area (Å²) in [4.78, 5) is 2.42. The number of nitrogens with one attached hydrogen (secondary N) is 1. The predicted octanol–water partition coefficient (Wildman–Crippen LogP) is 1.43. The van der Waals surface area contributed by atoms with Gasteiger partial charge in [0.1, 0.15) is 4.83 Å². The van der Waals surface area contributed by atoms with Crippen molar-refractivity contribution in [3.63, 3.8) is 0 Å². The Morgan fingerprint density at radius 2 is 2.50 bits per heavy atom. The Morgan fingerprint density at radius 1 is 1.67 bits per heavy atom. The summed E-state index contributed by atoms with van der Waals surface area (Å²) in [7, 11) is 0. The topological polar surface area (TPSA) is 54.7 Å². The molecule has 0 unspecified atom stereocenters. The number of H-pyrrole nitrogens is 1. The van der Waals surface area contributed by atoms with Crippen LogP contribution in [0, 0.1) is 6.92 Å². The number of hydrogen-bond acceptors (Lipinski definition) is 3. The zero-order valence-corrected chi connectivity index (χ0v) is 7.74. The summed E-state index contributed by atoms with van der Waals surface area (Å²) < 4.78 is 0. The van der Waals surface area contributed by atoms with Gasteiger partial charge in [-0.05, 0) is 26.0 Å². The first kappa shape index (κ1) is 7.76. The summed E-state index contributed by atoms with van der Waals surface area (Å²) in [5, 5.41) is 8.37. The molecule has 0 aliphatic heterocycles. The van der Waals surface area contributed by atoms with Crippen molar-refractivity contribution < 1.29 is 0 Å². The van der Waals surface area contributed by atoms with E-state index >= 15 is 0 Å². The maximum Gasteiger partial charge on any atom is 0.145 e. The maximum atomic E-state index is 5.47. The number of aryl methyl sites for hydroxylation is 1. The molecule has 12 heavy (non-hydrogen) atoms. The molecule has 3 N–H and O–H groups in total. The SMILES string of the molecule is Cc1[nH]nc2sc(CCN)cc12. The van der Waals surface area contributed by atoms with Crippen molar-refractivity contribution in [2.45, 2.75) is 13.3 Å². The summed E-state index contributed by atoms with van der Waals surface area (Å²) in [6.45, 7) is 2.75. The lowest BCUT2D eigenvalue weighted by Crippen LogP contribution is -2.00. The van der Waals surface area contributed by atoms with Crippen LogP contribution in [0.25, 0.3) is 10.2 Å². The molecule has 0 spiro atoms. The van der Waals surface area contributed by atoms with Gasteiger partial charge in [0.2, 0.25) is 0 Å². The Balaban J connectivity index is 2.48. The van der Waals surface area contributed by atoms with Crippen molar-refractivity contribution in [1.29, 1.82) is 0 Å². The van der Waals surface area contributed by atoms with E-state index < -0.39 is 0 Å². The predicted molar refractivity (Wildman–Crippen MR) is 51.5 cm³/mol. The molecule has 2 aromatic heterocycles. The summed E-state index contributed by atoms with van der Waals surface area (Å²) in [6, 6.07) is 2.17. The third-order valence-electron chi connectivity index (χ3n) is 1.88. The second-order valence-corrected chi connectivity index (χ2v) is 3.93. The van der Waals surface area contributed by atoms with Crippen LogP contribution in [0.4, 0.5) is 0 Å². The Labute approximate surface area is 74.6 Å². The van der Waals surface area contributed by atoms with Crippen LogP contribution in [0.3, 0.4) is 0 Å². The van der Waals surface area contributed by atoms with Crippen LogP contribution in [-0.2, 0) is 6.42 Å². The maximum absolute atomic E-state index is 5.47. The number of thiophene rings is 1. The van der Waals surface area contributed by atoms with Crippen LogP contribution in [0.2, 0.25) is 0 Å². The largest absolute Gasteiger partial charge is 0.330 e. The fraction of sp³-hybridized carbons (Fsp3) is 0.375. The number of aromatic nitrogens is 2. The molecule has 2 heterocycles. The van der Waals surface area contributed by atoms with Crippen molar-refractivity contribution >= 4 is 21.6 Å². The standard InChI is InChI=1S/C8H11N3S/c1-5-7-4-6(2-3-9)12-8(7)11-10-5/h4H,2-3,9H2,1H3,(H,10,11). The second kappa shape index (κ2) is 2.88. The van der Waals surface area contributed by atoms with Crippen LogP contribution < -0.4 is 5.73 Å². The van der Waals surface area contributed by atoms with Gasteiger partial charge in [-0.25, -0.2) is 0 Å². The van der Waals surface area contributed by atoms with E-state index in [1.807, 2.05) is 6.92 Å². The van der Waals surface area contributed by atoms with E-state index in [1.165, 1.54) is 10.3 Å². The van der Waals surface area contributed by atoms with E-state index in [4.69, 9.17) is 5.73 Å². The molecule has 0 aliphatic rings. The third-order valence-corrected chi connectivity index (χ3v) is 2.97. The van der Waals surface area contributed by atoms with Gasteiger partial charge in [0.15, 0.2) is 0 Å². The van der Waals surface area contributed by atoms with E-state index in [1.54, 1.807) is 11.3 Å². The van der Waals surface area contributed by atoms with Crippen LogP contribution >= 0.6 is 11.3 Å². The number of hydrogen-bond donors (Lipinski definition) is 2. The first-order valence-electron chi connectivity index (χ1n) is 3.94. The molecular weight excluding hydrogens is 170 g/mol. The van der Waals surface area contributed by atoms with Crippen LogP contribution in [0.15, 0.2) is 6.07 Å². The highest BCUT2D eigenvalue weighted by atomic mass is 32.1. The van der Waals surface area contributed by atoms with Crippen LogP contribution in [0.5, 0.6) is 0 Å². The minimum Gasteiger partial charge on any atom is -0.330 e. The highest BCUT2D eigenvalue weighted by Gasteiger charge is 2.05. The molecule has 0 amide bonds. The van der Waals surface area contributed by atoms with Crippen LogP contribution in [-0.4, -0.2) is 16.7 Å². The molecule has 3 nitrogen and oxygen atoms in total. The molecule has 0 saturated carbocycles. The van der Waals surface area contributed by atoms with Gasteiger partial charge >= 0.3 is 0 Å². The average molecular weight is 181 g/mol. The number of nitrogens with zero attached hydrogens (tertiary/aromatic N) is 1. The molecule has 2 rings (SSSR count). The molecule has 0 saturated heterocycles. The van der Waals surface area contributed by atoms with Crippen LogP contribution in [0.1, 0.15) is 10.6 Å². The lowest BCUT2D eigenvalue weighted by atomic mass is 10.3. The summed E-state index contributed by atoms with van der Waals surface area (Å²) in [5.41, 5.74) is 6.61. The zero-order chi connectivity index (χ0) is 8.55. The minimum absolute atomic E-state index is 0.714. The number of fused-ring (bicyclic) bond motifs is 1. The third kappa shape index (κ3) is 1.13. The van der Waals surface area contributed by atoms with Gasteiger partial charge in [0, 0.05) is 16.0 Å². The quantitative estimate of drug-likeness (QED) is 0.736. The van der Waals surface area contributed by atoms with Crippen molar-refractivity contribution in [2.24, 2.45) is 5.73 Å². The van der Waals surface area contributed by atoms with E-state index in [0.29, 0.717) is 6.54 Å². The van der Waals surface area contributed by atoms with Gasteiger partial charge in [-0.15, -0.1) is 11.3 Å². The number of aromatic amines is 1. The summed E-state index contributed by atoms with van der Waals surface area (Å²) in [6.07, 6.45) is 0.959. The fourth-order valence-corrected chi connectivity index (χ4v) is 2.30. The Morgan fingerprint density at radius 3 is 3.17 bits per heavy atom. The second-order valence-electron chi connectivity index (χ2n) is 2.82. The van der Waals surface area contributed by atoms with Gasteiger partial charge in [-0.1, -0.05) is 0 Å². The van der Waals surface area contributed by atoms with Crippen molar-refractivity contribution in [3.8, 4) is 0 Å². The van der Waals surface area contributed by atoms with Gasteiger partial charge in [-0.2, -0.15) is 5.10 Å². The van der Waals surface area contributed by atoms with Gasteiger partial charge < -0.3 is 5.73 Å². The van der Waals surface area contributed by atoms with E-state index in [2.05, 4.69) is 16.3 Å². The first-order valence-corrected chi connectivity index (χ1v) is 4.76. The van der Waals surface area contributed by atoms with Gasteiger partial charge in [0.25, 0.3) is 0 Å². The lowest BCUT2D eigenvalue weighted by Gasteiger charge is -1.88. The van der Waals surface area contributed by atoms with E-state index in [9.17, 15) is 0 Å². The Hall–Kier alpha value is -0.870. The first-order chi connectivity index (χ1) is 5.81. The molecule has 64 valence electrons. The van der Waals surface area contributed by atoms with Gasteiger partial charge in [-0.3, -0.25) is 5.10 Å². The van der Waals surface area contributed by atoms with Gasteiger partial charge in [0.05, 0.1) is 0 Å².